The van der Waals surface area contributed by atoms with Gasteiger partial charge >= 0.3 is 0 Å². The Morgan fingerprint density at radius 3 is 2.37 bits per heavy atom. The molecular weight excluding hydrogens is 283 g/mol. The van der Waals surface area contributed by atoms with Gasteiger partial charge in [-0.2, -0.15) is 0 Å². The number of nitrogens with two attached hydrogens (primary N) is 1. The monoisotopic (exact) mass is 304 g/mol. The van der Waals surface area contributed by atoms with Crippen LogP contribution in [-0.4, -0.2) is 23.9 Å². The third-order valence-corrected chi connectivity index (χ3v) is 3.67. The van der Waals surface area contributed by atoms with Gasteiger partial charge in [-0.1, -0.05) is 30.7 Å². The van der Waals surface area contributed by atoms with Crippen molar-refractivity contribution >= 4 is 29.9 Å². The highest BCUT2D eigenvalue weighted by Gasteiger charge is 2.24. The summed E-state index contributed by atoms with van der Waals surface area (Å²) < 4.78 is 0. The zero-order chi connectivity index (χ0) is 13.9. The average molecular weight is 305 g/mol. The summed E-state index contributed by atoms with van der Waals surface area (Å²) in [4.78, 5) is 13.9. The van der Waals surface area contributed by atoms with E-state index >= 15 is 0 Å². The molecule has 5 heteroatoms. The number of carbonyl (C=O) groups excluding carboxylic acids is 1. The van der Waals surface area contributed by atoms with Gasteiger partial charge in [0, 0.05) is 18.1 Å². The molecule has 1 aromatic carbocycles. The maximum absolute atomic E-state index is 12.2. The van der Waals surface area contributed by atoms with E-state index in [0.717, 1.165) is 5.56 Å². The van der Waals surface area contributed by atoms with Gasteiger partial charge in [0.25, 0.3) is 0 Å². The van der Waals surface area contributed by atoms with Crippen LogP contribution in [0.15, 0.2) is 24.3 Å². The Kier molecular flexibility index (Phi) is 7.42. The molecule has 0 aromatic heterocycles. The minimum atomic E-state index is -0.184. The van der Waals surface area contributed by atoms with Crippen LogP contribution in [-0.2, 0) is 4.79 Å². The van der Waals surface area contributed by atoms with Crippen LogP contribution in [0.4, 0.5) is 0 Å². The van der Waals surface area contributed by atoms with Gasteiger partial charge in [0.05, 0.1) is 12.0 Å². The maximum Gasteiger partial charge on any atom is 0.227 e. The second-order valence-corrected chi connectivity index (χ2v) is 5.26. The lowest BCUT2D eigenvalue weighted by Gasteiger charge is -2.29. The zero-order valence-electron chi connectivity index (χ0n) is 11.8. The lowest BCUT2D eigenvalue weighted by Crippen LogP contribution is -2.40. The van der Waals surface area contributed by atoms with Crippen LogP contribution in [0.25, 0.3) is 0 Å². The molecule has 0 aliphatic rings. The van der Waals surface area contributed by atoms with E-state index in [2.05, 4.69) is 0 Å². The number of amides is 1. The Balaban J connectivity index is 0.00000324. The topological polar surface area (TPSA) is 46.3 Å². The van der Waals surface area contributed by atoms with E-state index in [-0.39, 0.29) is 36.3 Å². The Morgan fingerprint density at radius 1 is 1.32 bits per heavy atom. The van der Waals surface area contributed by atoms with E-state index in [1.54, 1.807) is 11.9 Å². The van der Waals surface area contributed by atoms with Crippen LogP contribution in [0, 0.1) is 5.92 Å². The highest BCUT2D eigenvalue weighted by atomic mass is 35.5. The molecule has 0 heterocycles. The molecular formula is C14H22Cl2N2O. The number of hydrogen-bond acceptors (Lipinski definition) is 2. The van der Waals surface area contributed by atoms with E-state index in [9.17, 15) is 4.79 Å². The molecule has 1 rings (SSSR count). The average Bonchev–Trinajstić information content (AvgIpc) is 2.35. The summed E-state index contributed by atoms with van der Waals surface area (Å²) in [6.07, 6.45) is 0. The van der Waals surface area contributed by atoms with Crippen molar-refractivity contribution in [2.24, 2.45) is 11.7 Å². The molecule has 0 saturated heterocycles. The minimum Gasteiger partial charge on any atom is -0.339 e. The summed E-state index contributed by atoms with van der Waals surface area (Å²) >= 11 is 5.96. The van der Waals surface area contributed by atoms with E-state index < -0.39 is 0 Å². The summed E-state index contributed by atoms with van der Waals surface area (Å²) in [5.41, 5.74) is 6.79. The Hall–Kier alpha value is -0.770. The molecule has 1 amide bonds. The van der Waals surface area contributed by atoms with E-state index in [1.807, 2.05) is 45.0 Å². The summed E-state index contributed by atoms with van der Waals surface area (Å²) in [6.45, 7) is 5.69. The van der Waals surface area contributed by atoms with Crippen LogP contribution in [0.2, 0.25) is 5.02 Å². The lowest BCUT2D eigenvalue weighted by atomic mass is 10.0. The molecule has 0 radical (unpaired) electrons. The van der Waals surface area contributed by atoms with E-state index in [4.69, 9.17) is 17.3 Å². The largest absolute Gasteiger partial charge is 0.339 e. The Bertz CT molecular complexity index is 424. The van der Waals surface area contributed by atoms with Crippen molar-refractivity contribution in [1.82, 2.24) is 4.90 Å². The highest BCUT2D eigenvalue weighted by Crippen LogP contribution is 2.23. The first-order chi connectivity index (χ1) is 8.34. The predicted octanol–water partition coefficient (Wildman–Crippen LogP) is 3.26. The second-order valence-electron chi connectivity index (χ2n) is 4.83. The first kappa shape index (κ1) is 18.2. The predicted molar refractivity (Wildman–Crippen MR) is 82.7 cm³/mol. The standard InChI is InChI=1S/C14H21ClN2O.ClH/c1-9(10(2)16)14(18)17(4)11(3)12-6-5-7-13(15)8-12;/h5-11H,16H2,1-4H3;1H. The third kappa shape index (κ3) is 4.68. The summed E-state index contributed by atoms with van der Waals surface area (Å²) in [5, 5.41) is 0.681. The number of rotatable bonds is 4. The molecule has 0 saturated carbocycles. The number of nitrogens with zero attached hydrogens (tertiary/aromatic N) is 1. The van der Waals surface area contributed by atoms with Gasteiger partial charge in [0.15, 0.2) is 0 Å². The number of benzene rings is 1. The van der Waals surface area contributed by atoms with Gasteiger partial charge in [-0.25, -0.2) is 0 Å². The van der Waals surface area contributed by atoms with Gasteiger partial charge in [0.2, 0.25) is 5.91 Å². The second kappa shape index (κ2) is 7.73. The van der Waals surface area contributed by atoms with Crippen LogP contribution >= 0.6 is 24.0 Å². The molecule has 0 aliphatic heterocycles. The van der Waals surface area contributed by atoms with Gasteiger partial charge in [-0.05, 0) is 31.5 Å². The fraction of sp³-hybridized carbons (Fsp3) is 0.500. The van der Waals surface area contributed by atoms with E-state index in [1.165, 1.54) is 0 Å². The fourth-order valence-electron chi connectivity index (χ4n) is 1.73. The third-order valence-electron chi connectivity index (χ3n) is 3.44. The molecule has 19 heavy (non-hydrogen) atoms. The normalized spacial score (nSPS) is 15.1. The highest BCUT2D eigenvalue weighted by molar-refractivity contribution is 6.30. The summed E-state index contributed by atoms with van der Waals surface area (Å²) in [5.74, 6) is -0.130. The number of hydrogen-bond donors (Lipinski definition) is 1. The minimum absolute atomic E-state index is 0. The quantitative estimate of drug-likeness (QED) is 0.928. The molecule has 0 spiro atoms. The number of carbonyl (C=O) groups is 1. The van der Waals surface area contributed by atoms with Crippen LogP contribution in [0.5, 0.6) is 0 Å². The van der Waals surface area contributed by atoms with Crippen LogP contribution < -0.4 is 5.73 Å². The van der Waals surface area contributed by atoms with Gasteiger partial charge in [0.1, 0.15) is 0 Å². The molecule has 0 aliphatic carbocycles. The SMILES string of the molecule is CC(N)C(C)C(=O)N(C)C(C)c1cccc(Cl)c1.Cl. The Labute approximate surface area is 126 Å². The van der Waals surface area contributed by atoms with Crippen molar-refractivity contribution in [2.45, 2.75) is 32.9 Å². The van der Waals surface area contributed by atoms with E-state index in [0.29, 0.717) is 5.02 Å². The fourth-order valence-corrected chi connectivity index (χ4v) is 1.93. The molecule has 1 aromatic rings. The van der Waals surface area contributed by atoms with Crippen LogP contribution in [0.3, 0.4) is 0 Å². The van der Waals surface area contributed by atoms with Crippen molar-refractivity contribution in [3.8, 4) is 0 Å². The molecule has 3 nitrogen and oxygen atoms in total. The molecule has 0 fully saturated rings. The van der Waals surface area contributed by atoms with Crippen molar-refractivity contribution in [3.63, 3.8) is 0 Å². The molecule has 0 bridgehead atoms. The smallest absolute Gasteiger partial charge is 0.227 e. The zero-order valence-corrected chi connectivity index (χ0v) is 13.3. The van der Waals surface area contributed by atoms with Gasteiger partial charge < -0.3 is 10.6 Å². The van der Waals surface area contributed by atoms with Crippen molar-refractivity contribution in [3.05, 3.63) is 34.9 Å². The first-order valence-corrected chi connectivity index (χ1v) is 6.50. The van der Waals surface area contributed by atoms with Gasteiger partial charge in [-0.15, -0.1) is 12.4 Å². The molecule has 3 atom stereocenters. The Morgan fingerprint density at radius 2 is 1.89 bits per heavy atom. The summed E-state index contributed by atoms with van der Waals surface area (Å²) in [7, 11) is 1.80. The van der Waals surface area contributed by atoms with Crippen molar-refractivity contribution in [1.29, 1.82) is 0 Å². The molecule has 3 unspecified atom stereocenters. The maximum atomic E-state index is 12.2. The van der Waals surface area contributed by atoms with Gasteiger partial charge in [-0.3, -0.25) is 4.79 Å². The van der Waals surface area contributed by atoms with Crippen LogP contribution in [0.1, 0.15) is 32.4 Å². The molecule has 108 valence electrons. The van der Waals surface area contributed by atoms with Crippen molar-refractivity contribution < 1.29 is 4.79 Å². The lowest BCUT2D eigenvalue weighted by molar-refractivity contribution is -0.136. The number of halogens is 2. The molecule has 2 N–H and O–H groups in total. The summed E-state index contributed by atoms with van der Waals surface area (Å²) in [6, 6.07) is 7.40. The first-order valence-electron chi connectivity index (χ1n) is 6.12. The van der Waals surface area contributed by atoms with Crippen molar-refractivity contribution in [2.75, 3.05) is 7.05 Å².